The van der Waals surface area contributed by atoms with E-state index in [1.54, 1.807) is 6.92 Å². The van der Waals surface area contributed by atoms with Crippen LogP contribution in [0.15, 0.2) is 0 Å². The fraction of sp³-hybridized carbons (Fsp3) is 1.00. The second kappa shape index (κ2) is 6.71. The van der Waals surface area contributed by atoms with Crippen LogP contribution in [0.3, 0.4) is 0 Å². The van der Waals surface area contributed by atoms with Crippen molar-refractivity contribution >= 4 is 9.84 Å². The summed E-state index contributed by atoms with van der Waals surface area (Å²) in [4.78, 5) is 0. The molecule has 1 N–H and O–H groups in total. The molecule has 2 unspecified atom stereocenters. The number of hydrogen-bond donors (Lipinski definition) is 1. The van der Waals surface area contributed by atoms with Crippen LogP contribution in [0.1, 0.15) is 39.5 Å². The molecule has 0 heterocycles. The van der Waals surface area contributed by atoms with Crippen LogP contribution in [0.5, 0.6) is 0 Å². The van der Waals surface area contributed by atoms with Gasteiger partial charge >= 0.3 is 0 Å². The maximum atomic E-state index is 11.3. The number of aliphatic hydroxyl groups excluding tert-OH is 1. The zero-order valence-corrected chi connectivity index (χ0v) is 11.6. The predicted octanol–water partition coefficient (Wildman–Crippen LogP) is 1.38. The Labute approximate surface area is 104 Å². The van der Waals surface area contributed by atoms with Gasteiger partial charge in [0.05, 0.1) is 18.0 Å². The third-order valence-corrected chi connectivity index (χ3v) is 5.01. The van der Waals surface area contributed by atoms with Gasteiger partial charge in [-0.25, -0.2) is 8.42 Å². The van der Waals surface area contributed by atoms with Crippen LogP contribution in [-0.4, -0.2) is 43.8 Å². The lowest BCUT2D eigenvalue weighted by atomic mass is 10.0. The molecule has 1 aliphatic rings. The van der Waals surface area contributed by atoms with E-state index in [1.807, 2.05) is 6.92 Å². The molecule has 0 aromatic carbocycles. The lowest BCUT2D eigenvalue weighted by Crippen LogP contribution is -2.31. The highest BCUT2D eigenvalue weighted by molar-refractivity contribution is 7.91. The van der Waals surface area contributed by atoms with E-state index in [2.05, 4.69) is 0 Å². The van der Waals surface area contributed by atoms with Crippen LogP contribution in [0.25, 0.3) is 0 Å². The van der Waals surface area contributed by atoms with Crippen molar-refractivity contribution in [2.75, 3.05) is 18.1 Å². The van der Waals surface area contributed by atoms with Gasteiger partial charge in [0, 0.05) is 12.4 Å². The molecule has 0 radical (unpaired) electrons. The maximum Gasteiger partial charge on any atom is 0.150 e. The van der Waals surface area contributed by atoms with Crippen LogP contribution in [-0.2, 0) is 14.6 Å². The minimum Gasteiger partial charge on any atom is -0.390 e. The molecule has 1 saturated carbocycles. The molecule has 1 fully saturated rings. The van der Waals surface area contributed by atoms with Gasteiger partial charge in [0.1, 0.15) is 9.84 Å². The zero-order chi connectivity index (χ0) is 12.9. The molecule has 0 aromatic heterocycles. The van der Waals surface area contributed by atoms with Gasteiger partial charge in [0.15, 0.2) is 0 Å². The molecule has 0 saturated heterocycles. The van der Waals surface area contributed by atoms with E-state index in [9.17, 15) is 13.5 Å². The highest BCUT2D eigenvalue weighted by atomic mass is 32.2. The molecule has 2 atom stereocenters. The standard InChI is InChI=1S/C12H24O4S/c1-3-16-12(10-7-8-10)11(13)6-5-9-17(14,15)4-2/h10-13H,3-9H2,1-2H3. The fourth-order valence-corrected chi connectivity index (χ4v) is 2.89. The summed E-state index contributed by atoms with van der Waals surface area (Å²) in [6.07, 6.45) is 2.66. The molecular weight excluding hydrogens is 240 g/mol. The molecule has 0 aliphatic heterocycles. The van der Waals surface area contributed by atoms with E-state index >= 15 is 0 Å². The third-order valence-electron chi connectivity index (χ3n) is 3.22. The van der Waals surface area contributed by atoms with E-state index in [-0.39, 0.29) is 17.6 Å². The summed E-state index contributed by atoms with van der Waals surface area (Å²) in [5.41, 5.74) is 0. The average Bonchev–Trinajstić information content (AvgIpc) is 3.09. The number of sulfone groups is 1. The summed E-state index contributed by atoms with van der Waals surface area (Å²) in [6, 6.07) is 0. The van der Waals surface area contributed by atoms with Crippen LogP contribution in [0.4, 0.5) is 0 Å². The van der Waals surface area contributed by atoms with Crippen LogP contribution in [0.2, 0.25) is 0 Å². The number of ether oxygens (including phenoxy) is 1. The van der Waals surface area contributed by atoms with Crippen LogP contribution >= 0.6 is 0 Å². The number of aliphatic hydroxyl groups is 1. The average molecular weight is 264 g/mol. The first kappa shape index (κ1) is 14.9. The monoisotopic (exact) mass is 264 g/mol. The highest BCUT2D eigenvalue weighted by Crippen LogP contribution is 2.36. The lowest BCUT2D eigenvalue weighted by molar-refractivity contribution is -0.0476. The Morgan fingerprint density at radius 1 is 1.35 bits per heavy atom. The van der Waals surface area contributed by atoms with Gasteiger partial charge < -0.3 is 9.84 Å². The summed E-state index contributed by atoms with van der Waals surface area (Å²) in [5, 5.41) is 10.0. The van der Waals surface area contributed by atoms with Crippen molar-refractivity contribution in [1.82, 2.24) is 0 Å². The molecule has 0 amide bonds. The number of rotatable bonds is 9. The third kappa shape index (κ3) is 5.36. The van der Waals surface area contributed by atoms with Crippen molar-refractivity contribution in [3.05, 3.63) is 0 Å². The van der Waals surface area contributed by atoms with Crippen LogP contribution < -0.4 is 0 Å². The molecule has 4 nitrogen and oxygen atoms in total. The predicted molar refractivity (Wildman–Crippen MR) is 67.7 cm³/mol. The van der Waals surface area contributed by atoms with Crippen molar-refractivity contribution in [2.45, 2.75) is 51.7 Å². The topological polar surface area (TPSA) is 63.6 Å². The van der Waals surface area contributed by atoms with Gasteiger partial charge in [-0.2, -0.15) is 0 Å². The molecule has 1 aliphatic carbocycles. The molecular formula is C12H24O4S. The molecule has 0 bridgehead atoms. The second-order valence-corrected chi connectivity index (χ2v) is 7.18. The maximum absolute atomic E-state index is 11.3. The van der Waals surface area contributed by atoms with Crippen molar-refractivity contribution in [1.29, 1.82) is 0 Å². The highest BCUT2D eigenvalue weighted by Gasteiger charge is 2.36. The normalized spacial score (nSPS) is 20.2. The Hall–Kier alpha value is -0.130. The van der Waals surface area contributed by atoms with Gasteiger partial charge in [-0.05, 0) is 38.5 Å². The quantitative estimate of drug-likeness (QED) is 0.683. The Bertz CT molecular complexity index is 308. The first-order chi connectivity index (χ1) is 8.00. The van der Waals surface area contributed by atoms with Crippen molar-refractivity contribution < 1.29 is 18.3 Å². The summed E-state index contributed by atoms with van der Waals surface area (Å²) in [7, 11) is -2.91. The first-order valence-electron chi connectivity index (χ1n) is 6.50. The molecule has 17 heavy (non-hydrogen) atoms. The van der Waals surface area contributed by atoms with Gasteiger partial charge in [-0.15, -0.1) is 0 Å². The molecule has 1 rings (SSSR count). The fourth-order valence-electron chi connectivity index (χ4n) is 2.00. The SMILES string of the molecule is CCOC(C(O)CCCS(=O)(=O)CC)C1CC1. The molecule has 102 valence electrons. The largest absolute Gasteiger partial charge is 0.390 e. The lowest BCUT2D eigenvalue weighted by Gasteiger charge is -2.22. The molecule has 0 aromatic rings. The second-order valence-electron chi connectivity index (χ2n) is 4.70. The minimum absolute atomic E-state index is 0.0932. The van der Waals surface area contributed by atoms with Gasteiger partial charge in [-0.1, -0.05) is 6.92 Å². The van der Waals surface area contributed by atoms with Crippen molar-refractivity contribution in [2.24, 2.45) is 5.92 Å². The van der Waals surface area contributed by atoms with E-state index in [1.165, 1.54) is 0 Å². The van der Waals surface area contributed by atoms with Gasteiger partial charge in [0.2, 0.25) is 0 Å². The Kier molecular flexibility index (Phi) is 5.89. The number of hydrogen-bond acceptors (Lipinski definition) is 4. The first-order valence-corrected chi connectivity index (χ1v) is 8.32. The van der Waals surface area contributed by atoms with E-state index < -0.39 is 15.9 Å². The summed E-state index contributed by atoms with van der Waals surface area (Å²) in [5.74, 6) is 0.831. The zero-order valence-electron chi connectivity index (χ0n) is 10.8. The summed E-state index contributed by atoms with van der Waals surface area (Å²) >= 11 is 0. The Morgan fingerprint density at radius 2 is 2.00 bits per heavy atom. The van der Waals surface area contributed by atoms with Crippen molar-refractivity contribution in [3.63, 3.8) is 0 Å². The van der Waals surface area contributed by atoms with Crippen molar-refractivity contribution in [3.8, 4) is 0 Å². The van der Waals surface area contributed by atoms with E-state index in [4.69, 9.17) is 4.74 Å². The smallest absolute Gasteiger partial charge is 0.150 e. The van der Waals surface area contributed by atoms with E-state index in [0.29, 0.717) is 25.4 Å². The molecule has 5 heteroatoms. The summed E-state index contributed by atoms with van der Waals surface area (Å²) in [6.45, 7) is 4.17. The minimum atomic E-state index is -2.91. The van der Waals surface area contributed by atoms with Crippen LogP contribution in [0, 0.1) is 5.92 Å². The Morgan fingerprint density at radius 3 is 2.47 bits per heavy atom. The van der Waals surface area contributed by atoms with E-state index in [0.717, 1.165) is 12.8 Å². The van der Waals surface area contributed by atoms with Gasteiger partial charge in [-0.3, -0.25) is 0 Å². The molecule has 0 spiro atoms. The van der Waals surface area contributed by atoms with Gasteiger partial charge in [0.25, 0.3) is 0 Å². The Balaban J connectivity index is 2.29. The summed E-state index contributed by atoms with van der Waals surface area (Å²) < 4.78 is 28.2.